The van der Waals surface area contributed by atoms with Gasteiger partial charge in [0.25, 0.3) is 0 Å². The zero-order valence-corrected chi connectivity index (χ0v) is 12.8. The summed E-state index contributed by atoms with van der Waals surface area (Å²) in [5.41, 5.74) is 1.87. The second-order valence-corrected chi connectivity index (χ2v) is 5.09. The third-order valence-electron chi connectivity index (χ3n) is 2.83. The van der Waals surface area contributed by atoms with E-state index in [1.54, 1.807) is 6.07 Å². The molecule has 0 aliphatic heterocycles. The Morgan fingerprint density at radius 2 is 1.38 bits per heavy atom. The van der Waals surface area contributed by atoms with Gasteiger partial charge in [-0.2, -0.15) is 0 Å². The van der Waals surface area contributed by atoms with Crippen LogP contribution in [0.15, 0.2) is 38.4 Å². The fourth-order valence-corrected chi connectivity index (χ4v) is 1.95. The van der Waals surface area contributed by atoms with Crippen LogP contribution in [0.5, 0.6) is 0 Å². The Balaban J connectivity index is 3.39. The molecule has 16 radical (unpaired) electrons. The van der Waals surface area contributed by atoms with E-state index >= 15 is 0 Å². The molecule has 0 amide bonds. The normalized spacial score (nSPS) is 14.0. The van der Waals surface area contributed by atoms with Crippen LogP contribution in [-0.4, -0.2) is 62.8 Å². The lowest BCUT2D eigenvalue weighted by atomic mass is 9.63. The first-order valence-corrected chi connectivity index (χ1v) is 6.53. The van der Waals surface area contributed by atoms with E-state index in [9.17, 15) is 0 Å². The summed E-state index contributed by atoms with van der Waals surface area (Å²) >= 11 is 3.28. The zero-order valence-electron chi connectivity index (χ0n) is 11.2. The molecular weight excluding hydrogens is 311 g/mol. The summed E-state index contributed by atoms with van der Waals surface area (Å²) in [5, 5.41) is 0. The summed E-state index contributed by atoms with van der Waals surface area (Å²) in [6, 6.07) is 1.67. The number of benzene rings is 1. The molecule has 1 aromatic carbocycles. The molecule has 0 fully saturated rings. The Labute approximate surface area is 145 Å². The lowest BCUT2D eigenvalue weighted by Gasteiger charge is -2.15. The van der Waals surface area contributed by atoms with Gasteiger partial charge in [0.05, 0.1) is 0 Å². The van der Waals surface area contributed by atoms with Crippen LogP contribution >= 0.6 is 15.9 Å². The lowest BCUT2D eigenvalue weighted by molar-refractivity contribution is 1.70. The number of rotatable bonds is 3. The van der Waals surface area contributed by atoms with Crippen molar-refractivity contribution in [2.24, 2.45) is 0 Å². The second kappa shape index (κ2) is 7.63. The average Bonchev–Trinajstić information content (AvgIpc) is 2.47. The van der Waals surface area contributed by atoms with Crippen LogP contribution in [0.4, 0.5) is 0 Å². The maximum atomic E-state index is 5.89. The molecule has 82 valence electrons. The molecule has 0 aromatic heterocycles. The molecule has 0 unspecified atom stereocenters. The highest BCUT2D eigenvalue weighted by atomic mass is 79.9. The SMILES string of the molecule is [B]/C=C([B])/C([B])=C([B])\C([B])=C\c1cc(Br)c([B])c([B])c1[B]. The van der Waals surface area contributed by atoms with Crippen LogP contribution in [0.1, 0.15) is 5.56 Å². The number of halogens is 1. The lowest BCUT2D eigenvalue weighted by Crippen LogP contribution is -2.41. The number of hydrogen-bond donors (Lipinski definition) is 0. The van der Waals surface area contributed by atoms with Crippen molar-refractivity contribution in [3.63, 3.8) is 0 Å². The third-order valence-corrected chi connectivity index (χ3v) is 3.49. The van der Waals surface area contributed by atoms with Gasteiger partial charge in [0.2, 0.25) is 0 Å². The predicted molar refractivity (Wildman–Crippen MR) is 102 cm³/mol. The summed E-state index contributed by atoms with van der Waals surface area (Å²) in [6.07, 6.45) is 1.52. The van der Waals surface area contributed by atoms with Gasteiger partial charge in [0, 0.05) is 4.47 Å². The van der Waals surface area contributed by atoms with E-state index in [1.807, 2.05) is 0 Å². The topological polar surface area (TPSA) is 0 Å². The van der Waals surface area contributed by atoms with Crippen molar-refractivity contribution in [1.29, 1.82) is 0 Å². The standard InChI is InChI=1S/C12H3B8Br/c13-3-6(15)10(18)9(17)5(14)1-4-2-7(21)11(19)12(20)8(4)16/h1-3H/b5-1-,6-3-,10-9-. The molecule has 0 saturated heterocycles. The molecule has 1 aromatic rings. The zero-order chi connectivity index (χ0) is 16.3. The molecule has 0 saturated carbocycles. The van der Waals surface area contributed by atoms with E-state index in [0.29, 0.717) is 15.5 Å². The molecule has 9 heteroatoms. The van der Waals surface area contributed by atoms with Gasteiger partial charge in [-0.05, 0) is 11.6 Å². The summed E-state index contributed by atoms with van der Waals surface area (Å²) in [7, 11) is 45.7. The third kappa shape index (κ3) is 4.22. The average molecular weight is 314 g/mol. The Hall–Kier alpha value is -0.561. The van der Waals surface area contributed by atoms with Gasteiger partial charge < -0.3 is 0 Å². The Kier molecular flexibility index (Phi) is 6.71. The number of hydrogen-bond acceptors (Lipinski definition) is 0. The maximum absolute atomic E-state index is 5.89. The van der Waals surface area contributed by atoms with Crippen molar-refractivity contribution in [3.8, 4) is 0 Å². The molecule has 0 aliphatic carbocycles. The molecule has 1 rings (SSSR count). The summed E-state index contributed by atoms with van der Waals surface area (Å²) in [4.78, 5) is 0. The van der Waals surface area contributed by atoms with Crippen molar-refractivity contribution in [2.45, 2.75) is 0 Å². The first kappa shape index (κ1) is 18.5. The highest BCUT2D eigenvalue weighted by Gasteiger charge is 2.06. The van der Waals surface area contributed by atoms with Crippen LogP contribution in [0.3, 0.4) is 0 Å². The molecule has 0 bridgehead atoms. The molecule has 0 heterocycles. The molecule has 0 N–H and O–H groups in total. The first-order chi connectivity index (χ1) is 9.70. The molecule has 0 nitrogen and oxygen atoms in total. The van der Waals surface area contributed by atoms with Crippen molar-refractivity contribution in [2.75, 3.05) is 0 Å². The largest absolute Gasteiger partial charge is 0.139 e. The fraction of sp³-hybridized carbons (Fsp3) is 0. The Morgan fingerprint density at radius 1 is 0.857 bits per heavy atom. The summed E-state index contributed by atoms with van der Waals surface area (Å²) in [6.45, 7) is 0. The molecule has 21 heavy (non-hydrogen) atoms. The van der Waals surface area contributed by atoms with Gasteiger partial charge in [-0.3, -0.25) is 0 Å². The van der Waals surface area contributed by atoms with E-state index in [1.165, 1.54) is 6.08 Å². The van der Waals surface area contributed by atoms with Crippen LogP contribution in [0.2, 0.25) is 0 Å². The molecular formula is C12H3B8Br. The van der Waals surface area contributed by atoms with Crippen molar-refractivity contribution in [3.05, 3.63) is 44.0 Å². The minimum absolute atomic E-state index is 0.0762. The maximum Gasteiger partial charge on any atom is 0.114 e. The van der Waals surface area contributed by atoms with E-state index in [4.69, 9.17) is 62.8 Å². The highest BCUT2D eigenvalue weighted by molar-refractivity contribution is 9.10. The minimum atomic E-state index is 0.0762. The van der Waals surface area contributed by atoms with E-state index < -0.39 is 0 Å². The van der Waals surface area contributed by atoms with Crippen LogP contribution in [-0.2, 0) is 0 Å². The monoisotopic (exact) mass is 314 g/mol. The minimum Gasteiger partial charge on any atom is -0.139 e. The van der Waals surface area contributed by atoms with Crippen molar-refractivity contribution in [1.82, 2.24) is 0 Å². The van der Waals surface area contributed by atoms with Gasteiger partial charge in [0.15, 0.2) is 0 Å². The predicted octanol–water partition coefficient (Wildman–Crippen LogP) is -1.93. The van der Waals surface area contributed by atoms with Crippen molar-refractivity contribution < 1.29 is 0 Å². The Morgan fingerprint density at radius 3 is 1.90 bits per heavy atom. The Bertz CT molecular complexity index is 660. The van der Waals surface area contributed by atoms with Crippen LogP contribution in [0.25, 0.3) is 6.08 Å². The first-order valence-electron chi connectivity index (χ1n) is 5.74. The summed E-state index contributed by atoms with van der Waals surface area (Å²) < 4.78 is 0.588. The van der Waals surface area contributed by atoms with Gasteiger partial charge in [-0.25, -0.2) is 0 Å². The van der Waals surface area contributed by atoms with Gasteiger partial charge in [-0.1, -0.05) is 32.9 Å². The number of allylic oxidation sites excluding steroid dienone is 4. The van der Waals surface area contributed by atoms with Crippen molar-refractivity contribution >= 4 is 101 Å². The molecule has 0 spiro atoms. The highest BCUT2D eigenvalue weighted by Crippen LogP contribution is 2.15. The van der Waals surface area contributed by atoms with Gasteiger partial charge in [-0.15, -0.1) is 33.3 Å². The quantitative estimate of drug-likeness (QED) is 0.450. The molecule has 0 aliphatic rings. The fourth-order valence-electron chi connectivity index (χ4n) is 1.49. The van der Waals surface area contributed by atoms with Crippen LogP contribution in [0, 0.1) is 0 Å². The van der Waals surface area contributed by atoms with E-state index in [2.05, 4.69) is 15.9 Å². The van der Waals surface area contributed by atoms with Crippen LogP contribution < -0.4 is 16.4 Å². The molecule has 0 atom stereocenters. The van der Waals surface area contributed by atoms with E-state index in [-0.39, 0.29) is 32.8 Å². The van der Waals surface area contributed by atoms with Gasteiger partial charge >= 0.3 is 0 Å². The summed E-state index contributed by atoms with van der Waals surface area (Å²) in [5.74, 6) is 1.13. The smallest absolute Gasteiger partial charge is 0.114 e. The second-order valence-electron chi connectivity index (χ2n) is 4.24. The van der Waals surface area contributed by atoms with Gasteiger partial charge in [0.1, 0.15) is 62.8 Å². The van der Waals surface area contributed by atoms with E-state index in [0.717, 1.165) is 5.98 Å².